The van der Waals surface area contributed by atoms with E-state index in [1.165, 1.54) is 19.0 Å². The molecule has 1 heterocycles. The number of anilines is 2. The summed E-state index contributed by atoms with van der Waals surface area (Å²) in [6, 6.07) is 1.85. The molecule has 17 heavy (non-hydrogen) atoms. The molecule has 92 valence electrons. The molecule has 1 fully saturated rings. The van der Waals surface area contributed by atoms with Crippen molar-refractivity contribution in [1.29, 1.82) is 0 Å². The number of hydrogen-bond acceptors (Lipinski definition) is 4. The van der Waals surface area contributed by atoms with Crippen LogP contribution in [0.3, 0.4) is 0 Å². The van der Waals surface area contributed by atoms with E-state index in [-0.39, 0.29) is 6.04 Å². The topological polar surface area (TPSA) is 94.0 Å². The molecule has 1 aliphatic carbocycles. The number of nitrogens with one attached hydrogen (secondary N) is 1. The van der Waals surface area contributed by atoms with Gasteiger partial charge in [0.05, 0.1) is 17.4 Å². The Morgan fingerprint density at radius 3 is 2.94 bits per heavy atom. The van der Waals surface area contributed by atoms with Gasteiger partial charge in [0, 0.05) is 6.04 Å². The lowest BCUT2D eigenvalue weighted by Crippen LogP contribution is -2.21. The summed E-state index contributed by atoms with van der Waals surface area (Å²) in [5.74, 6) is 0.842. The summed E-state index contributed by atoms with van der Waals surface area (Å²) >= 11 is 0. The van der Waals surface area contributed by atoms with Crippen LogP contribution in [-0.4, -0.2) is 16.9 Å². The molecule has 2 rings (SSSR count). The second kappa shape index (κ2) is 4.61. The Kier molecular flexibility index (Phi) is 3.17. The number of primary amides is 1. The van der Waals surface area contributed by atoms with Crippen molar-refractivity contribution >= 4 is 17.4 Å². The van der Waals surface area contributed by atoms with Gasteiger partial charge in [0.25, 0.3) is 5.91 Å². The Morgan fingerprint density at radius 1 is 1.65 bits per heavy atom. The highest BCUT2D eigenvalue weighted by Gasteiger charge is 2.24. The molecule has 1 aromatic heterocycles. The van der Waals surface area contributed by atoms with Crippen molar-refractivity contribution in [3.05, 3.63) is 17.8 Å². The van der Waals surface area contributed by atoms with Crippen molar-refractivity contribution in [1.82, 2.24) is 4.98 Å². The number of nitrogen functional groups attached to an aromatic ring is 1. The molecule has 0 radical (unpaired) electrons. The van der Waals surface area contributed by atoms with Crippen molar-refractivity contribution < 1.29 is 4.79 Å². The van der Waals surface area contributed by atoms with Crippen molar-refractivity contribution in [3.8, 4) is 0 Å². The molecule has 0 bridgehead atoms. The van der Waals surface area contributed by atoms with E-state index in [9.17, 15) is 4.79 Å². The maximum atomic E-state index is 11.3. The van der Waals surface area contributed by atoms with Crippen molar-refractivity contribution in [3.63, 3.8) is 0 Å². The molecule has 1 saturated carbocycles. The van der Waals surface area contributed by atoms with E-state index >= 15 is 0 Å². The van der Waals surface area contributed by atoms with Gasteiger partial charge in [-0.05, 0) is 25.3 Å². The lowest BCUT2D eigenvalue weighted by molar-refractivity contribution is 0.100. The van der Waals surface area contributed by atoms with Crippen LogP contribution < -0.4 is 16.8 Å². The second-order valence-electron chi connectivity index (χ2n) is 4.75. The van der Waals surface area contributed by atoms with Crippen LogP contribution in [0.25, 0.3) is 0 Å². The van der Waals surface area contributed by atoms with E-state index in [4.69, 9.17) is 11.5 Å². The largest absolute Gasteiger partial charge is 0.397 e. The number of pyridine rings is 1. The fraction of sp³-hybridized carbons (Fsp3) is 0.500. The van der Waals surface area contributed by atoms with Crippen LogP contribution in [0.5, 0.6) is 0 Å². The zero-order chi connectivity index (χ0) is 12.4. The predicted octanol–water partition coefficient (Wildman–Crippen LogP) is 1.36. The standard InChI is InChI=1S/C12H18N4O/c1-7(4-8-2-3-8)16-12-10(11(14)17)5-9(13)6-15-12/h5-8H,2-4,13H2,1H3,(H2,14,17)(H,15,16). The Hall–Kier alpha value is -1.78. The average Bonchev–Trinajstić information content (AvgIpc) is 3.04. The minimum atomic E-state index is -0.508. The molecule has 1 aromatic rings. The van der Waals surface area contributed by atoms with Gasteiger partial charge in [-0.3, -0.25) is 4.79 Å². The zero-order valence-corrected chi connectivity index (χ0v) is 9.94. The van der Waals surface area contributed by atoms with Gasteiger partial charge in [-0.2, -0.15) is 0 Å². The van der Waals surface area contributed by atoms with Crippen LogP contribution in [0.1, 0.15) is 36.5 Å². The minimum Gasteiger partial charge on any atom is -0.397 e. The van der Waals surface area contributed by atoms with Gasteiger partial charge < -0.3 is 16.8 Å². The first kappa shape index (κ1) is 11.7. The third-order valence-corrected chi connectivity index (χ3v) is 2.94. The van der Waals surface area contributed by atoms with E-state index < -0.39 is 5.91 Å². The highest BCUT2D eigenvalue weighted by Crippen LogP contribution is 2.34. The average molecular weight is 234 g/mol. The third kappa shape index (κ3) is 3.09. The SMILES string of the molecule is CC(CC1CC1)Nc1ncc(N)cc1C(N)=O. The minimum absolute atomic E-state index is 0.289. The predicted molar refractivity (Wildman–Crippen MR) is 67.6 cm³/mol. The zero-order valence-electron chi connectivity index (χ0n) is 9.94. The Balaban J connectivity index is 2.10. The van der Waals surface area contributed by atoms with E-state index in [1.54, 1.807) is 6.07 Å². The smallest absolute Gasteiger partial charge is 0.252 e. The lowest BCUT2D eigenvalue weighted by Gasteiger charge is -2.16. The molecule has 5 N–H and O–H groups in total. The second-order valence-corrected chi connectivity index (χ2v) is 4.75. The van der Waals surface area contributed by atoms with Crippen LogP contribution in [0.2, 0.25) is 0 Å². The van der Waals surface area contributed by atoms with Gasteiger partial charge in [-0.15, -0.1) is 0 Å². The van der Waals surface area contributed by atoms with E-state index in [0.29, 0.717) is 17.1 Å². The number of rotatable bonds is 5. The third-order valence-electron chi connectivity index (χ3n) is 2.94. The van der Waals surface area contributed by atoms with E-state index in [1.807, 2.05) is 0 Å². The summed E-state index contributed by atoms with van der Waals surface area (Å²) < 4.78 is 0. The quantitative estimate of drug-likeness (QED) is 0.717. The van der Waals surface area contributed by atoms with Gasteiger partial charge >= 0.3 is 0 Å². The fourth-order valence-electron chi connectivity index (χ4n) is 1.93. The molecular formula is C12H18N4O. The van der Waals surface area contributed by atoms with Gasteiger partial charge in [-0.1, -0.05) is 12.8 Å². The Morgan fingerprint density at radius 2 is 2.35 bits per heavy atom. The molecule has 1 aliphatic rings. The summed E-state index contributed by atoms with van der Waals surface area (Å²) in [5, 5.41) is 3.22. The normalized spacial score (nSPS) is 16.5. The first-order valence-electron chi connectivity index (χ1n) is 5.88. The Bertz CT molecular complexity index is 429. The summed E-state index contributed by atoms with van der Waals surface area (Å²) in [6.45, 7) is 2.08. The van der Waals surface area contributed by atoms with Gasteiger partial charge in [0.2, 0.25) is 0 Å². The van der Waals surface area contributed by atoms with Crippen LogP contribution >= 0.6 is 0 Å². The van der Waals surface area contributed by atoms with Crippen molar-refractivity contribution in [2.24, 2.45) is 11.7 Å². The number of nitrogens with two attached hydrogens (primary N) is 2. The molecule has 5 nitrogen and oxygen atoms in total. The van der Waals surface area contributed by atoms with Gasteiger partial charge in [-0.25, -0.2) is 4.98 Å². The highest BCUT2D eigenvalue weighted by molar-refractivity contribution is 5.98. The summed E-state index contributed by atoms with van der Waals surface area (Å²) in [6.07, 6.45) is 5.25. The first-order valence-corrected chi connectivity index (χ1v) is 5.88. The number of amides is 1. The summed E-state index contributed by atoms with van der Waals surface area (Å²) in [7, 11) is 0. The lowest BCUT2D eigenvalue weighted by atomic mass is 10.1. The summed E-state index contributed by atoms with van der Waals surface area (Å²) in [4.78, 5) is 15.4. The van der Waals surface area contributed by atoms with E-state index in [2.05, 4.69) is 17.2 Å². The van der Waals surface area contributed by atoms with Gasteiger partial charge in [0.15, 0.2) is 0 Å². The summed E-state index contributed by atoms with van der Waals surface area (Å²) in [5.41, 5.74) is 11.7. The molecule has 1 unspecified atom stereocenters. The fourth-order valence-corrected chi connectivity index (χ4v) is 1.93. The van der Waals surface area contributed by atoms with E-state index in [0.717, 1.165) is 12.3 Å². The molecule has 0 aromatic carbocycles. The van der Waals surface area contributed by atoms with Crippen LogP contribution in [0.15, 0.2) is 12.3 Å². The molecule has 5 heteroatoms. The molecular weight excluding hydrogens is 216 g/mol. The maximum Gasteiger partial charge on any atom is 0.252 e. The maximum absolute atomic E-state index is 11.3. The van der Waals surface area contributed by atoms with Crippen molar-refractivity contribution in [2.45, 2.75) is 32.2 Å². The first-order chi connectivity index (χ1) is 8.06. The number of aromatic nitrogens is 1. The highest BCUT2D eigenvalue weighted by atomic mass is 16.1. The number of hydrogen-bond donors (Lipinski definition) is 3. The number of nitrogens with zero attached hydrogens (tertiary/aromatic N) is 1. The number of carbonyl (C=O) groups excluding carboxylic acids is 1. The molecule has 0 saturated heterocycles. The van der Waals surface area contributed by atoms with Crippen LogP contribution in [0.4, 0.5) is 11.5 Å². The molecule has 1 atom stereocenters. The van der Waals surface area contributed by atoms with Gasteiger partial charge in [0.1, 0.15) is 5.82 Å². The number of carbonyl (C=O) groups is 1. The molecule has 0 spiro atoms. The van der Waals surface area contributed by atoms with Crippen LogP contribution in [-0.2, 0) is 0 Å². The molecule has 0 aliphatic heterocycles. The van der Waals surface area contributed by atoms with Crippen molar-refractivity contribution in [2.75, 3.05) is 11.1 Å². The molecule has 1 amide bonds. The monoisotopic (exact) mass is 234 g/mol. The Labute approximate surface area is 101 Å². The van der Waals surface area contributed by atoms with Crippen LogP contribution in [0, 0.1) is 5.92 Å².